The summed E-state index contributed by atoms with van der Waals surface area (Å²) in [6.45, 7) is 5.20. The largest absolute Gasteiger partial charge is 0.508 e. The highest BCUT2D eigenvalue weighted by Crippen LogP contribution is 2.26. The third-order valence-corrected chi connectivity index (χ3v) is 5.23. The summed E-state index contributed by atoms with van der Waals surface area (Å²) in [5.41, 5.74) is 2.48. The Hall–Kier alpha value is -3.35. The minimum atomic E-state index is -0.651. The number of carbonyl (C=O) groups excluding carboxylic acids is 1. The molecule has 0 aliphatic carbocycles. The zero-order valence-corrected chi connectivity index (χ0v) is 19.5. The van der Waals surface area contributed by atoms with E-state index in [0.717, 1.165) is 35.4 Å². The van der Waals surface area contributed by atoms with Crippen LogP contribution in [-0.2, 0) is 16.1 Å². The van der Waals surface area contributed by atoms with Crippen LogP contribution in [0, 0.1) is 0 Å². The number of aromatic nitrogens is 3. The molecule has 0 bridgehead atoms. The van der Waals surface area contributed by atoms with Crippen molar-refractivity contribution in [1.82, 2.24) is 14.8 Å². The molecule has 3 aromatic rings. The van der Waals surface area contributed by atoms with Gasteiger partial charge in [-0.05, 0) is 31.5 Å². The number of para-hydroxylation sites is 1. The lowest BCUT2D eigenvalue weighted by atomic mass is 10.1. The van der Waals surface area contributed by atoms with Gasteiger partial charge in [0.15, 0.2) is 5.82 Å². The van der Waals surface area contributed by atoms with Crippen LogP contribution < -0.4 is 4.74 Å². The van der Waals surface area contributed by atoms with Gasteiger partial charge in [-0.2, -0.15) is 5.10 Å². The molecule has 3 rings (SSSR count). The van der Waals surface area contributed by atoms with Gasteiger partial charge in [-0.15, -0.1) is 0 Å². The molecule has 0 saturated carbocycles. The van der Waals surface area contributed by atoms with Crippen LogP contribution in [-0.4, -0.2) is 34.1 Å². The van der Waals surface area contributed by atoms with Crippen molar-refractivity contribution in [3.63, 3.8) is 0 Å². The number of benzene rings is 2. The van der Waals surface area contributed by atoms with Gasteiger partial charge in [-0.25, -0.2) is 14.5 Å². The van der Waals surface area contributed by atoms with E-state index in [1.807, 2.05) is 55.5 Å². The Bertz CT molecular complexity index is 1000. The molecule has 33 heavy (non-hydrogen) atoms. The van der Waals surface area contributed by atoms with Crippen molar-refractivity contribution in [3.8, 4) is 22.8 Å². The van der Waals surface area contributed by atoms with E-state index < -0.39 is 6.16 Å². The average Bonchev–Trinajstić information content (AvgIpc) is 3.33. The van der Waals surface area contributed by atoms with E-state index in [0.29, 0.717) is 19.0 Å². The van der Waals surface area contributed by atoms with Gasteiger partial charge in [0.25, 0.3) is 0 Å². The van der Waals surface area contributed by atoms with Crippen molar-refractivity contribution in [2.45, 2.75) is 59.0 Å². The number of hydrogen-bond acceptors (Lipinski definition) is 6. The molecule has 0 spiro atoms. The first kappa shape index (κ1) is 24.3. The molecule has 0 N–H and O–H groups in total. The molecule has 7 heteroatoms. The fourth-order valence-corrected chi connectivity index (χ4v) is 3.56. The molecule has 0 aliphatic heterocycles. The highest BCUT2D eigenvalue weighted by atomic mass is 16.7. The summed E-state index contributed by atoms with van der Waals surface area (Å²) in [4.78, 5) is 16.5. The fourth-order valence-electron chi connectivity index (χ4n) is 3.56. The van der Waals surface area contributed by atoms with Crippen molar-refractivity contribution >= 4 is 6.16 Å². The number of rotatable bonds is 13. The second-order valence-corrected chi connectivity index (χ2v) is 7.74. The number of unbranched alkanes of at least 4 members (excludes halogenated alkanes) is 5. The van der Waals surface area contributed by atoms with E-state index in [9.17, 15) is 4.79 Å². The molecule has 0 atom stereocenters. The maximum atomic E-state index is 12.0. The second kappa shape index (κ2) is 13.3. The summed E-state index contributed by atoms with van der Waals surface area (Å²) in [6, 6.07) is 15.4. The molecule has 7 nitrogen and oxygen atoms in total. The Morgan fingerprint density at radius 2 is 1.76 bits per heavy atom. The van der Waals surface area contributed by atoms with Crippen molar-refractivity contribution < 1.29 is 19.0 Å². The van der Waals surface area contributed by atoms with Crippen LogP contribution in [0.3, 0.4) is 0 Å². The van der Waals surface area contributed by atoms with Gasteiger partial charge in [0.05, 0.1) is 18.9 Å². The van der Waals surface area contributed by atoms with Crippen LogP contribution in [0.2, 0.25) is 0 Å². The third-order valence-electron chi connectivity index (χ3n) is 5.23. The molecule has 0 unspecified atom stereocenters. The molecule has 0 aliphatic rings. The Morgan fingerprint density at radius 1 is 0.939 bits per heavy atom. The summed E-state index contributed by atoms with van der Waals surface area (Å²) in [5, 5.41) is 4.41. The lowest BCUT2D eigenvalue weighted by Crippen LogP contribution is -2.10. The zero-order valence-electron chi connectivity index (χ0n) is 19.5. The van der Waals surface area contributed by atoms with Gasteiger partial charge in [0.2, 0.25) is 0 Å². The zero-order chi connectivity index (χ0) is 23.3. The predicted molar refractivity (Wildman–Crippen MR) is 127 cm³/mol. The second-order valence-electron chi connectivity index (χ2n) is 7.74. The highest BCUT2D eigenvalue weighted by molar-refractivity contribution is 5.62. The van der Waals surface area contributed by atoms with Gasteiger partial charge >= 0.3 is 6.16 Å². The fraction of sp³-hybridized carbons (Fsp3) is 0.423. The first-order valence-electron chi connectivity index (χ1n) is 11.7. The summed E-state index contributed by atoms with van der Waals surface area (Å²) in [7, 11) is 0. The smallest absolute Gasteiger partial charge is 0.494 e. The van der Waals surface area contributed by atoms with Crippen LogP contribution in [0.25, 0.3) is 17.1 Å². The van der Waals surface area contributed by atoms with Crippen molar-refractivity contribution in [2.75, 3.05) is 13.2 Å². The molecule has 0 amide bonds. The minimum absolute atomic E-state index is 0.0871. The number of carbonyl (C=O) groups is 1. The molecule has 1 heterocycles. The third kappa shape index (κ3) is 7.34. The Labute approximate surface area is 195 Å². The monoisotopic (exact) mass is 451 g/mol. The Balaban J connectivity index is 1.61. The quantitative estimate of drug-likeness (QED) is 0.223. The molecule has 176 valence electrons. The van der Waals surface area contributed by atoms with E-state index in [1.165, 1.54) is 32.0 Å². The molecule has 0 saturated heterocycles. The normalized spacial score (nSPS) is 10.7. The topological polar surface area (TPSA) is 75.5 Å². The highest BCUT2D eigenvalue weighted by Gasteiger charge is 2.14. The first-order chi connectivity index (χ1) is 16.2. The van der Waals surface area contributed by atoms with Gasteiger partial charge in [0, 0.05) is 11.1 Å². The van der Waals surface area contributed by atoms with Crippen molar-refractivity contribution in [1.29, 1.82) is 0 Å². The minimum Gasteiger partial charge on any atom is -0.494 e. The average molecular weight is 452 g/mol. The standard InChI is InChI=1S/C26H33N3O4/c1-3-5-6-7-8-11-17-32-26(30)33-19-22-13-9-10-16-24(22)29-25(27-20-28-29)21-14-12-15-23(18-21)31-4-2/h9-10,12-16,18,20H,3-8,11,17,19H2,1-2H3. The van der Waals surface area contributed by atoms with Gasteiger partial charge in [0.1, 0.15) is 18.7 Å². The molecule has 2 aromatic carbocycles. The lowest BCUT2D eigenvalue weighted by Gasteiger charge is -2.13. The predicted octanol–water partition coefficient (Wildman–Crippen LogP) is 6.35. The first-order valence-corrected chi connectivity index (χ1v) is 11.7. The van der Waals surface area contributed by atoms with Crippen molar-refractivity contribution in [2.24, 2.45) is 0 Å². The summed E-state index contributed by atoms with van der Waals surface area (Å²) < 4.78 is 17.9. The SMILES string of the molecule is CCCCCCCCOC(=O)OCc1ccccc1-n1ncnc1-c1cccc(OCC)c1. The number of nitrogens with zero attached hydrogens (tertiary/aromatic N) is 3. The van der Waals surface area contributed by atoms with E-state index in [1.54, 1.807) is 4.68 Å². The van der Waals surface area contributed by atoms with Crippen LogP contribution in [0.1, 0.15) is 57.9 Å². The molecule has 1 aromatic heterocycles. The molecule has 0 radical (unpaired) electrons. The number of ether oxygens (including phenoxy) is 3. The van der Waals surface area contributed by atoms with E-state index in [2.05, 4.69) is 17.0 Å². The van der Waals surface area contributed by atoms with Crippen LogP contribution in [0.15, 0.2) is 54.9 Å². The Kier molecular flexibility index (Phi) is 9.76. The summed E-state index contributed by atoms with van der Waals surface area (Å²) in [6.07, 6.45) is 7.67. The summed E-state index contributed by atoms with van der Waals surface area (Å²) in [5.74, 6) is 1.45. The van der Waals surface area contributed by atoms with Crippen LogP contribution in [0.5, 0.6) is 5.75 Å². The van der Waals surface area contributed by atoms with Gasteiger partial charge in [-0.3, -0.25) is 0 Å². The van der Waals surface area contributed by atoms with Crippen molar-refractivity contribution in [3.05, 3.63) is 60.4 Å². The Morgan fingerprint density at radius 3 is 2.61 bits per heavy atom. The number of hydrogen-bond donors (Lipinski definition) is 0. The van der Waals surface area contributed by atoms with E-state index in [-0.39, 0.29) is 6.61 Å². The molecule has 0 fully saturated rings. The maximum absolute atomic E-state index is 12.0. The van der Waals surface area contributed by atoms with E-state index in [4.69, 9.17) is 14.2 Å². The van der Waals surface area contributed by atoms with Gasteiger partial charge in [-0.1, -0.05) is 69.4 Å². The molecular formula is C26H33N3O4. The summed E-state index contributed by atoms with van der Waals surface area (Å²) >= 11 is 0. The van der Waals surface area contributed by atoms with Crippen LogP contribution in [0.4, 0.5) is 4.79 Å². The van der Waals surface area contributed by atoms with Crippen LogP contribution >= 0.6 is 0 Å². The molecular weight excluding hydrogens is 418 g/mol. The van der Waals surface area contributed by atoms with Gasteiger partial charge < -0.3 is 14.2 Å². The van der Waals surface area contributed by atoms with E-state index >= 15 is 0 Å². The lowest BCUT2D eigenvalue weighted by molar-refractivity contribution is 0.0487. The maximum Gasteiger partial charge on any atom is 0.508 e.